The molecule has 0 spiro atoms. The van der Waals surface area contributed by atoms with Gasteiger partial charge >= 0.3 is 5.69 Å². The van der Waals surface area contributed by atoms with Gasteiger partial charge < -0.3 is 32.5 Å². The third-order valence-electron chi connectivity index (χ3n) is 12.3. The van der Waals surface area contributed by atoms with Crippen LogP contribution >= 0.6 is 22.6 Å². The number of methoxy groups -OCH3 is 2. The molecule has 1 fully saturated rings. The van der Waals surface area contributed by atoms with Crippen LogP contribution in [0.25, 0.3) is 0 Å². The fourth-order valence-electron chi connectivity index (χ4n) is 6.79. The predicted molar refractivity (Wildman–Crippen MR) is 246 cm³/mol. The zero-order valence-electron chi connectivity index (χ0n) is 36.9. The molecule has 59 heavy (non-hydrogen) atoms. The molecule has 0 saturated carbocycles. The topological polar surface area (TPSA) is 119 Å². The number of hydrogen-bond acceptors (Lipinski definition) is 9. The van der Waals surface area contributed by atoms with Crippen molar-refractivity contribution in [2.45, 2.75) is 115 Å². The maximum atomic E-state index is 13.9. The van der Waals surface area contributed by atoms with Gasteiger partial charge in [0.05, 0.1) is 20.8 Å². The lowest BCUT2D eigenvalue weighted by Crippen LogP contribution is -2.59. The summed E-state index contributed by atoms with van der Waals surface area (Å²) in [4.78, 5) is 29.2. The van der Waals surface area contributed by atoms with E-state index < -0.39 is 57.7 Å². The van der Waals surface area contributed by atoms with Crippen molar-refractivity contribution in [3.8, 4) is 11.5 Å². The van der Waals surface area contributed by atoms with Gasteiger partial charge in [0, 0.05) is 16.2 Å². The third kappa shape index (κ3) is 9.69. The Bertz CT molecular complexity index is 2080. The van der Waals surface area contributed by atoms with Crippen molar-refractivity contribution in [3.05, 3.63) is 128 Å². The molecule has 0 bridgehead atoms. The second-order valence-electron chi connectivity index (χ2n) is 18.3. The van der Waals surface area contributed by atoms with Crippen molar-refractivity contribution in [1.29, 1.82) is 0 Å². The molecule has 2 heterocycles. The summed E-state index contributed by atoms with van der Waals surface area (Å²) < 4.78 is 50.0. The molecule has 14 heteroatoms. The van der Waals surface area contributed by atoms with Gasteiger partial charge in [-0.25, -0.2) is 4.79 Å². The number of halogens is 1. The second-order valence-corrected chi connectivity index (χ2v) is 28.9. The van der Waals surface area contributed by atoms with Gasteiger partial charge in [0.2, 0.25) is 5.79 Å². The van der Waals surface area contributed by atoms with Gasteiger partial charge in [0.15, 0.2) is 22.9 Å². The zero-order chi connectivity index (χ0) is 43.6. The highest BCUT2D eigenvalue weighted by Crippen LogP contribution is 2.51. The number of aromatic amines is 1. The molecule has 1 N–H and O–H groups in total. The van der Waals surface area contributed by atoms with Crippen LogP contribution in [0.1, 0.15) is 70.0 Å². The Morgan fingerprint density at radius 3 is 1.73 bits per heavy atom. The standard InChI is InChI=1S/C45H63IN2O9Si2/c1-31-29-48(41(50)47-39(31)49)40-37(56-58(10,11)42(2,3)4)38(57-59(12,13)43(5,6)7)44(55-40,53-28-27-46)30-54-45(32-17-15-14-16-18-32,33-19-23-35(51-8)24-20-33)34-21-25-36(52-9)26-22-34/h14-26,29,37-38,40H,27-28,30H2,1-13H3,(H,47,49,50)/t37-,38+,40-,44-/m1/s1. The molecule has 1 aliphatic heterocycles. The van der Waals surface area contributed by atoms with Crippen molar-refractivity contribution >= 4 is 39.2 Å². The van der Waals surface area contributed by atoms with Crippen LogP contribution in [0.15, 0.2) is 94.6 Å². The van der Waals surface area contributed by atoms with Crippen LogP contribution in [0.5, 0.6) is 11.5 Å². The smallest absolute Gasteiger partial charge is 0.330 e. The van der Waals surface area contributed by atoms with Crippen LogP contribution in [-0.4, -0.2) is 76.0 Å². The Morgan fingerprint density at radius 1 is 0.763 bits per heavy atom. The summed E-state index contributed by atoms with van der Waals surface area (Å²) in [6, 6.07) is 25.7. The minimum atomic E-state index is -2.67. The minimum absolute atomic E-state index is 0.152. The van der Waals surface area contributed by atoms with Gasteiger partial charge in [-0.15, -0.1) is 0 Å². The lowest BCUT2D eigenvalue weighted by Gasteiger charge is -2.46. The molecule has 1 aliphatic rings. The van der Waals surface area contributed by atoms with E-state index in [2.05, 4.69) is 95.3 Å². The Labute approximate surface area is 365 Å². The monoisotopic (exact) mass is 958 g/mol. The highest BCUT2D eigenvalue weighted by Gasteiger charge is 2.63. The third-order valence-corrected chi connectivity index (χ3v) is 21.7. The van der Waals surface area contributed by atoms with Gasteiger partial charge in [-0.2, -0.15) is 0 Å². The normalized spacial score (nSPS) is 20.5. The first-order chi connectivity index (χ1) is 27.6. The van der Waals surface area contributed by atoms with Crippen LogP contribution in [-0.2, 0) is 28.7 Å². The lowest BCUT2D eigenvalue weighted by atomic mass is 9.80. The number of rotatable bonds is 16. The molecular formula is C45H63IN2O9Si2. The minimum Gasteiger partial charge on any atom is -0.497 e. The van der Waals surface area contributed by atoms with Crippen molar-refractivity contribution < 1.29 is 32.5 Å². The first kappa shape index (κ1) is 47.0. The van der Waals surface area contributed by atoms with Gasteiger partial charge in [-0.3, -0.25) is 14.3 Å². The largest absolute Gasteiger partial charge is 0.497 e. The zero-order valence-corrected chi connectivity index (χ0v) is 41.1. The number of benzene rings is 3. The van der Waals surface area contributed by atoms with Crippen LogP contribution < -0.4 is 20.7 Å². The van der Waals surface area contributed by atoms with Crippen molar-refractivity contribution in [3.63, 3.8) is 0 Å². The number of ether oxygens (including phenoxy) is 5. The fraction of sp³-hybridized carbons (Fsp3) is 0.511. The molecule has 0 aliphatic carbocycles. The molecule has 5 rings (SSSR count). The summed E-state index contributed by atoms with van der Waals surface area (Å²) in [5.74, 6) is -0.227. The molecule has 4 aromatic rings. The number of hydrogen-bond donors (Lipinski definition) is 1. The summed E-state index contributed by atoms with van der Waals surface area (Å²) in [7, 11) is -2.02. The molecule has 0 unspecified atom stereocenters. The van der Waals surface area contributed by atoms with E-state index in [9.17, 15) is 9.59 Å². The fourth-order valence-corrected chi connectivity index (χ4v) is 9.58. The van der Waals surface area contributed by atoms with E-state index >= 15 is 0 Å². The Kier molecular flexibility index (Phi) is 14.4. The Balaban J connectivity index is 1.83. The Hall–Kier alpha value is -3.10. The summed E-state index contributed by atoms with van der Waals surface area (Å²) in [5, 5.41) is -0.450. The second kappa shape index (κ2) is 18.1. The first-order valence-corrected chi connectivity index (χ1v) is 27.4. The highest BCUT2D eigenvalue weighted by molar-refractivity contribution is 14.1. The molecule has 0 radical (unpaired) electrons. The number of H-pyrrole nitrogens is 1. The van der Waals surface area contributed by atoms with E-state index in [0.717, 1.165) is 16.7 Å². The van der Waals surface area contributed by atoms with Crippen LogP contribution in [0.3, 0.4) is 0 Å². The molecule has 3 aromatic carbocycles. The van der Waals surface area contributed by atoms with Gasteiger partial charge in [0.1, 0.15) is 35.9 Å². The molecular weight excluding hydrogens is 896 g/mol. The van der Waals surface area contributed by atoms with E-state index in [1.54, 1.807) is 21.1 Å². The quantitative estimate of drug-likeness (QED) is 0.0508. The van der Waals surface area contributed by atoms with Gasteiger partial charge in [0.25, 0.3) is 5.56 Å². The number of nitrogens with zero attached hydrogens (tertiary/aromatic N) is 1. The number of alkyl halides is 1. The summed E-state index contributed by atoms with van der Waals surface area (Å²) in [6.45, 7) is 23.6. The number of aryl methyl sites for hydroxylation is 1. The maximum absolute atomic E-state index is 13.9. The molecule has 4 atom stereocenters. The van der Waals surface area contributed by atoms with E-state index in [1.807, 2.05) is 78.9 Å². The van der Waals surface area contributed by atoms with E-state index in [4.69, 9.17) is 32.5 Å². The van der Waals surface area contributed by atoms with Crippen molar-refractivity contribution in [2.75, 3.05) is 31.9 Å². The predicted octanol–water partition coefficient (Wildman–Crippen LogP) is 9.33. The van der Waals surface area contributed by atoms with Gasteiger partial charge in [-0.05, 0) is 84.1 Å². The molecule has 1 saturated heterocycles. The van der Waals surface area contributed by atoms with E-state index in [1.165, 1.54) is 10.8 Å². The molecule has 11 nitrogen and oxygen atoms in total. The van der Waals surface area contributed by atoms with Crippen LogP contribution in [0, 0.1) is 6.92 Å². The summed E-state index contributed by atoms with van der Waals surface area (Å²) in [5.41, 5.74) is 0.546. The number of nitrogens with one attached hydrogen (secondary N) is 1. The van der Waals surface area contributed by atoms with Crippen LogP contribution in [0.2, 0.25) is 36.3 Å². The van der Waals surface area contributed by atoms with Crippen molar-refractivity contribution in [1.82, 2.24) is 9.55 Å². The number of aromatic nitrogens is 2. The lowest BCUT2D eigenvalue weighted by molar-refractivity contribution is -0.291. The Morgan fingerprint density at radius 2 is 1.25 bits per heavy atom. The molecule has 1 aromatic heterocycles. The van der Waals surface area contributed by atoms with E-state index in [0.29, 0.717) is 21.5 Å². The van der Waals surface area contributed by atoms with Crippen LogP contribution in [0.4, 0.5) is 0 Å². The average Bonchev–Trinajstić information content (AvgIpc) is 3.46. The summed E-state index contributed by atoms with van der Waals surface area (Å²) >= 11 is 2.29. The van der Waals surface area contributed by atoms with Crippen molar-refractivity contribution in [2.24, 2.45) is 0 Å². The highest BCUT2D eigenvalue weighted by atomic mass is 127. The maximum Gasteiger partial charge on any atom is 0.330 e. The SMILES string of the molecule is COc1ccc(C(OC[C@@]2(OCCI)O[C@@H](n3cc(C)c(=O)[nH]c3=O)[C@H](O[Si](C)(C)C(C)(C)C)[C@@H]2O[Si](C)(C)C(C)(C)C)(c2ccccc2)c2ccc(OC)cc2)cc1. The average molecular weight is 959 g/mol. The molecule has 0 amide bonds. The summed E-state index contributed by atoms with van der Waals surface area (Å²) in [6.07, 6.45) is -1.26. The molecule has 322 valence electrons. The van der Waals surface area contributed by atoms with Gasteiger partial charge in [-0.1, -0.05) is 119 Å². The van der Waals surface area contributed by atoms with E-state index in [-0.39, 0.29) is 23.3 Å². The first-order valence-electron chi connectivity index (χ1n) is 20.1.